The highest BCUT2D eigenvalue weighted by Crippen LogP contribution is 2.31. The Balaban J connectivity index is 1.77. The molecule has 0 radical (unpaired) electrons. The molecule has 0 aromatic carbocycles. The second-order valence-electron chi connectivity index (χ2n) is 4.71. The van der Waals surface area contributed by atoms with Crippen molar-refractivity contribution in [1.82, 2.24) is 14.9 Å². The van der Waals surface area contributed by atoms with Gasteiger partial charge in [-0.15, -0.1) is 0 Å². The van der Waals surface area contributed by atoms with Gasteiger partial charge in [0.05, 0.1) is 18.7 Å². The molecule has 102 valence electrons. The molecule has 18 heavy (non-hydrogen) atoms. The molecule has 1 heterocycles. The zero-order valence-corrected chi connectivity index (χ0v) is 11.0. The highest BCUT2D eigenvalue weighted by Gasteiger charge is 2.45. The van der Waals surface area contributed by atoms with Crippen LogP contribution in [0, 0.1) is 0 Å². The number of hydrogen-bond donors (Lipinski definition) is 2. The Hall–Kier alpha value is -0.990. The van der Waals surface area contributed by atoms with Gasteiger partial charge in [-0.25, -0.2) is 13.1 Å². The molecule has 0 aromatic rings. The number of nitrogens with zero attached hydrogens (tertiary/aromatic N) is 1. The molecule has 2 fully saturated rings. The fourth-order valence-corrected chi connectivity index (χ4v) is 2.48. The van der Waals surface area contributed by atoms with Crippen molar-refractivity contribution in [1.29, 1.82) is 0 Å². The van der Waals surface area contributed by atoms with E-state index in [0.717, 1.165) is 19.1 Å². The van der Waals surface area contributed by atoms with Crippen LogP contribution in [0.1, 0.15) is 19.3 Å². The lowest BCUT2D eigenvalue weighted by Gasteiger charge is -2.14. The van der Waals surface area contributed by atoms with Gasteiger partial charge in [0.1, 0.15) is 0 Å². The number of rotatable bonds is 6. The molecule has 0 bridgehead atoms. The topological polar surface area (TPSA) is 95.6 Å². The SMILES string of the molecule is CS(=O)(=O)NCCNC1CC(=O)N(C2CC2)C1=O. The summed E-state index contributed by atoms with van der Waals surface area (Å²) in [6.45, 7) is 0.537. The van der Waals surface area contributed by atoms with Gasteiger partial charge in [0.15, 0.2) is 0 Å². The Labute approximate surface area is 106 Å². The second kappa shape index (κ2) is 4.94. The van der Waals surface area contributed by atoms with Crippen molar-refractivity contribution in [2.75, 3.05) is 19.3 Å². The van der Waals surface area contributed by atoms with E-state index in [-0.39, 0.29) is 30.8 Å². The first-order valence-electron chi connectivity index (χ1n) is 5.92. The van der Waals surface area contributed by atoms with Gasteiger partial charge < -0.3 is 5.32 Å². The van der Waals surface area contributed by atoms with Gasteiger partial charge in [-0.1, -0.05) is 0 Å². The first-order chi connectivity index (χ1) is 8.38. The molecule has 7 nitrogen and oxygen atoms in total. The van der Waals surface area contributed by atoms with Crippen LogP contribution in [0.15, 0.2) is 0 Å². The van der Waals surface area contributed by atoms with Crippen molar-refractivity contribution in [2.45, 2.75) is 31.3 Å². The van der Waals surface area contributed by atoms with E-state index >= 15 is 0 Å². The minimum atomic E-state index is -3.21. The fraction of sp³-hybridized carbons (Fsp3) is 0.800. The largest absolute Gasteiger partial charge is 0.304 e. The molecule has 1 saturated carbocycles. The van der Waals surface area contributed by atoms with Crippen LogP contribution in [0.25, 0.3) is 0 Å². The van der Waals surface area contributed by atoms with Crippen molar-refractivity contribution in [3.63, 3.8) is 0 Å². The minimum Gasteiger partial charge on any atom is -0.304 e. The summed E-state index contributed by atoms with van der Waals surface area (Å²) in [5, 5.41) is 2.91. The molecule has 2 amide bonds. The van der Waals surface area contributed by atoms with E-state index in [1.165, 1.54) is 4.90 Å². The molecule has 1 atom stereocenters. The Morgan fingerprint density at radius 3 is 2.50 bits per heavy atom. The maximum Gasteiger partial charge on any atom is 0.247 e. The van der Waals surface area contributed by atoms with Crippen LogP contribution < -0.4 is 10.0 Å². The lowest BCUT2D eigenvalue weighted by molar-refractivity contribution is -0.139. The molecular weight excluding hydrogens is 258 g/mol. The lowest BCUT2D eigenvalue weighted by atomic mass is 10.2. The Bertz CT molecular complexity index is 458. The molecule has 1 unspecified atom stereocenters. The third kappa shape index (κ3) is 3.27. The van der Waals surface area contributed by atoms with Gasteiger partial charge in [-0.05, 0) is 12.8 Å². The molecule has 1 aliphatic carbocycles. The van der Waals surface area contributed by atoms with Crippen molar-refractivity contribution >= 4 is 21.8 Å². The zero-order valence-electron chi connectivity index (χ0n) is 10.2. The zero-order chi connectivity index (χ0) is 13.3. The third-order valence-corrected chi connectivity index (χ3v) is 3.70. The summed E-state index contributed by atoms with van der Waals surface area (Å²) < 4.78 is 24.0. The predicted octanol–water partition coefficient (Wildman–Crippen LogP) is -1.58. The molecule has 2 N–H and O–H groups in total. The first-order valence-corrected chi connectivity index (χ1v) is 7.81. The second-order valence-corrected chi connectivity index (χ2v) is 6.54. The highest BCUT2D eigenvalue weighted by molar-refractivity contribution is 7.88. The number of hydrogen-bond acceptors (Lipinski definition) is 5. The van der Waals surface area contributed by atoms with E-state index in [9.17, 15) is 18.0 Å². The fourth-order valence-electron chi connectivity index (χ4n) is 2.01. The summed E-state index contributed by atoms with van der Waals surface area (Å²) in [4.78, 5) is 24.9. The van der Waals surface area contributed by atoms with Gasteiger partial charge in [-0.2, -0.15) is 0 Å². The van der Waals surface area contributed by atoms with Gasteiger partial charge in [0.25, 0.3) is 0 Å². The number of nitrogens with one attached hydrogen (secondary N) is 2. The van der Waals surface area contributed by atoms with Gasteiger partial charge in [0.2, 0.25) is 21.8 Å². The molecule has 2 rings (SSSR count). The monoisotopic (exact) mass is 275 g/mol. The van der Waals surface area contributed by atoms with Crippen molar-refractivity contribution in [3.8, 4) is 0 Å². The summed E-state index contributed by atoms with van der Waals surface area (Å²) in [7, 11) is -3.21. The van der Waals surface area contributed by atoms with Gasteiger partial charge in [0, 0.05) is 19.1 Å². The van der Waals surface area contributed by atoms with Crippen LogP contribution in [0.3, 0.4) is 0 Å². The molecule has 2 aliphatic rings. The van der Waals surface area contributed by atoms with Gasteiger partial charge in [-0.3, -0.25) is 14.5 Å². The van der Waals surface area contributed by atoms with Crippen LogP contribution in [0.5, 0.6) is 0 Å². The minimum absolute atomic E-state index is 0.103. The average molecular weight is 275 g/mol. The number of carbonyl (C=O) groups is 2. The van der Waals surface area contributed by atoms with Crippen molar-refractivity contribution < 1.29 is 18.0 Å². The number of imide groups is 1. The Morgan fingerprint density at radius 2 is 1.94 bits per heavy atom. The van der Waals surface area contributed by atoms with Crippen LogP contribution in [-0.4, -0.2) is 56.6 Å². The standard InChI is InChI=1S/C10H17N3O4S/c1-18(16,17)12-5-4-11-8-6-9(14)13(10(8)15)7-2-3-7/h7-8,11-12H,2-6H2,1H3. The predicted molar refractivity (Wildman–Crippen MR) is 64.1 cm³/mol. The van der Waals surface area contributed by atoms with E-state index in [0.29, 0.717) is 6.54 Å². The van der Waals surface area contributed by atoms with Crippen molar-refractivity contribution in [3.05, 3.63) is 0 Å². The van der Waals surface area contributed by atoms with Crippen molar-refractivity contribution in [2.24, 2.45) is 0 Å². The van der Waals surface area contributed by atoms with E-state index in [2.05, 4.69) is 10.0 Å². The Morgan fingerprint density at radius 1 is 1.28 bits per heavy atom. The summed E-state index contributed by atoms with van der Waals surface area (Å²) in [5.74, 6) is -0.307. The van der Waals surface area contributed by atoms with Gasteiger partial charge >= 0.3 is 0 Å². The highest BCUT2D eigenvalue weighted by atomic mass is 32.2. The number of amides is 2. The quantitative estimate of drug-likeness (QED) is 0.450. The first kappa shape index (κ1) is 13.4. The average Bonchev–Trinajstić information content (AvgIpc) is 3.01. The van der Waals surface area contributed by atoms with Crippen LogP contribution in [0.2, 0.25) is 0 Å². The molecule has 8 heteroatoms. The van der Waals surface area contributed by atoms with Crippen LogP contribution in [0.4, 0.5) is 0 Å². The molecule has 0 spiro atoms. The van der Waals surface area contributed by atoms with Crippen LogP contribution in [-0.2, 0) is 19.6 Å². The smallest absolute Gasteiger partial charge is 0.247 e. The van der Waals surface area contributed by atoms with Crippen LogP contribution >= 0.6 is 0 Å². The molecular formula is C10H17N3O4S. The van der Waals surface area contributed by atoms with E-state index in [4.69, 9.17) is 0 Å². The number of sulfonamides is 1. The maximum absolute atomic E-state index is 11.9. The van der Waals surface area contributed by atoms with E-state index in [1.807, 2.05) is 0 Å². The lowest BCUT2D eigenvalue weighted by Crippen LogP contribution is -2.42. The summed E-state index contributed by atoms with van der Waals surface area (Å²) >= 11 is 0. The summed E-state index contributed by atoms with van der Waals surface area (Å²) in [5.41, 5.74) is 0. The molecule has 0 aromatic heterocycles. The van der Waals surface area contributed by atoms with E-state index in [1.54, 1.807) is 0 Å². The molecule has 1 aliphatic heterocycles. The number of likely N-dealkylation sites (tertiary alicyclic amines) is 1. The Kier molecular flexibility index (Phi) is 3.69. The number of carbonyl (C=O) groups excluding carboxylic acids is 2. The third-order valence-electron chi connectivity index (χ3n) is 2.97. The van der Waals surface area contributed by atoms with E-state index < -0.39 is 16.1 Å². The summed E-state index contributed by atoms with van der Waals surface area (Å²) in [6.07, 6.45) is 3.06. The molecule has 1 saturated heterocycles. The normalized spacial score (nSPS) is 24.9. The summed E-state index contributed by atoms with van der Waals surface area (Å²) in [6, 6.07) is -0.398. The maximum atomic E-state index is 11.9.